The van der Waals surface area contributed by atoms with Crippen LogP contribution in [0.5, 0.6) is 0 Å². The highest BCUT2D eigenvalue weighted by Crippen LogP contribution is 2.29. The van der Waals surface area contributed by atoms with Crippen molar-refractivity contribution >= 4 is 5.97 Å². The van der Waals surface area contributed by atoms with Gasteiger partial charge in [0.15, 0.2) is 0 Å². The van der Waals surface area contributed by atoms with Crippen LogP contribution in [-0.4, -0.2) is 25.8 Å². The van der Waals surface area contributed by atoms with Crippen LogP contribution in [0.25, 0.3) is 0 Å². The fraction of sp³-hybridized carbons (Fsp3) is 0.786. The van der Waals surface area contributed by atoms with Gasteiger partial charge in [0.05, 0.1) is 5.92 Å². The van der Waals surface area contributed by atoms with E-state index >= 15 is 0 Å². The second-order valence-electron chi connectivity index (χ2n) is 5.43. The van der Waals surface area contributed by atoms with Crippen molar-refractivity contribution in [2.45, 2.75) is 64.8 Å². The lowest BCUT2D eigenvalue weighted by molar-refractivity contribution is -0.142. The van der Waals surface area contributed by atoms with Crippen molar-refractivity contribution in [3.63, 3.8) is 0 Å². The topological polar surface area (TPSA) is 68.0 Å². The molecule has 1 N–H and O–H groups in total. The maximum absolute atomic E-state index is 11.2. The summed E-state index contributed by atoms with van der Waals surface area (Å²) in [6.45, 7) is 4.89. The summed E-state index contributed by atoms with van der Waals surface area (Å²) in [5, 5.41) is 17.8. The van der Waals surface area contributed by atoms with Crippen LogP contribution in [0.2, 0.25) is 0 Å². The number of aryl methyl sites for hydroxylation is 1. The van der Waals surface area contributed by atoms with E-state index in [1.807, 2.05) is 0 Å². The van der Waals surface area contributed by atoms with Crippen LogP contribution in [0.1, 0.15) is 63.5 Å². The number of rotatable bonds is 6. The van der Waals surface area contributed by atoms with Gasteiger partial charge < -0.3 is 9.67 Å². The molecular formula is C14H23N3O2. The Kier molecular flexibility index (Phi) is 4.56. The van der Waals surface area contributed by atoms with E-state index in [1.54, 1.807) is 0 Å². The van der Waals surface area contributed by atoms with Crippen molar-refractivity contribution in [2.24, 2.45) is 5.92 Å². The summed E-state index contributed by atoms with van der Waals surface area (Å²) in [4.78, 5) is 11.2. The molecule has 5 heteroatoms. The molecule has 1 aliphatic heterocycles. The van der Waals surface area contributed by atoms with Crippen LogP contribution in [-0.2, 0) is 17.8 Å². The number of nitrogens with zero attached hydrogens (tertiary/aromatic N) is 3. The second kappa shape index (κ2) is 6.17. The number of aromatic nitrogens is 3. The van der Waals surface area contributed by atoms with Crippen LogP contribution in [0.15, 0.2) is 0 Å². The molecular weight excluding hydrogens is 242 g/mol. The molecule has 2 heterocycles. The average molecular weight is 265 g/mol. The summed E-state index contributed by atoms with van der Waals surface area (Å²) in [5.41, 5.74) is 0. The molecule has 1 aromatic heterocycles. The molecule has 0 fully saturated rings. The zero-order valence-electron chi connectivity index (χ0n) is 11.8. The van der Waals surface area contributed by atoms with Gasteiger partial charge in [-0.1, -0.05) is 26.7 Å². The Morgan fingerprint density at radius 3 is 2.63 bits per heavy atom. The minimum Gasteiger partial charge on any atom is -0.481 e. The van der Waals surface area contributed by atoms with E-state index in [0.717, 1.165) is 43.8 Å². The molecule has 1 atom stereocenters. The number of hydrogen-bond donors (Lipinski definition) is 1. The maximum Gasteiger partial charge on any atom is 0.308 e. The Morgan fingerprint density at radius 1 is 1.37 bits per heavy atom. The second-order valence-corrected chi connectivity index (χ2v) is 5.43. The van der Waals surface area contributed by atoms with Crippen LogP contribution in [0, 0.1) is 5.92 Å². The number of carboxylic acids is 1. The zero-order chi connectivity index (χ0) is 13.8. The Bertz CT molecular complexity index is 436. The minimum atomic E-state index is -0.701. The summed E-state index contributed by atoms with van der Waals surface area (Å²) < 4.78 is 2.07. The van der Waals surface area contributed by atoms with E-state index in [1.165, 1.54) is 0 Å². The summed E-state index contributed by atoms with van der Waals surface area (Å²) in [7, 11) is 0. The van der Waals surface area contributed by atoms with Crippen LogP contribution < -0.4 is 0 Å². The Balaban J connectivity index is 2.23. The monoisotopic (exact) mass is 265 g/mol. The first-order valence-electron chi connectivity index (χ1n) is 7.32. The summed E-state index contributed by atoms with van der Waals surface area (Å²) in [6, 6.07) is 0. The van der Waals surface area contributed by atoms with E-state index in [9.17, 15) is 9.90 Å². The van der Waals surface area contributed by atoms with E-state index in [2.05, 4.69) is 28.6 Å². The van der Waals surface area contributed by atoms with Crippen molar-refractivity contribution in [2.75, 3.05) is 0 Å². The molecule has 19 heavy (non-hydrogen) atoms. The Labute approximate surface area is 114 Å². The first-order valence-corrected chi connectivity index (χ1v) is 7.32. The molecule has 5 nitrogen and oxygen atoms in total. The van der Waals surface area contributed by atoms with E-state index in [4.69, 9.17) is 0 Å². The number of carboxylic acid groups (broad SMARTS) is 1. The highest BCUT2D eigenvalue weighted by Gasteiger charge is 2.29. The Hall–Kier alpha value is -1.39. The fourth-order valence-electron chi connectivity index (χ4n) is 2.95. The predicted molar refractivity (Wildman–Crippen MR) is 72.0 cm³/mol. The largest absolute Gasteiger partial charge is 0.481 e. The summed E-state index contributed by atoms with van der Waals surface area (Å²) in [5.74, 6) is 1.40. The number of hydrogen-bond acceptors (Lipinski definition) is 3. The molecule has 1 aliphatic rings. The molecule has 0 saturated heterocycles. The van der Waals surface area contributed by atoms with Crippen LogP contribution >= 0.6 is 0 Å². The first-order chi connectivity index (χ1) is 9.17. The lowest BCUT2D eigenvalue weighted by Gasteiger charge is -2.23. The standard InChI is InChI=1S/C14H23N3O2/c1-3-5-10(6-4-2)13-16-15-12-8-7-11(14(18)19)9-17(12)13/h10-11H,3-9H2,1-2H3,(H,18,19). The van der Waals surface area contributed by atoms with Gasteiger partial charge in [-0.25, -0.2) is 0 Å². The van der Waals surface area contributed by atoms with Crippen molar-refractivity contribution in [1.29, 1.82) is 0 Å². The van der Waals surface area contributed by atoms with Gasteiger partial charge in [-0.05, 0) is 19.3 Å². The van der Waals surface area contributed by atoms with Gasteiger partial charge in [0.1, 0.15) is 11.6 Å². The third-order valence-corrected chi connectivity index (χ3v) is 3.96. The van der Waals surface area contributed by atoms with Gasteiger partial charge in [-0.3, -0.25) is 4.79 Å². The normalized spacial score (nSPS) is 18.6. The highest BCUT2D eigenvalue weighted by molar-refractivity contribution is 5.70. The van der Waals surface area contributed by atoms with Gasteiger partial charge in [0.25, 0.3) is 0 Å². The SMILES string of the molecule is CCCC(CCC)c1nnc2n1CC(C(=O)O)CC2. The number of fused-ring (bicyclic) bond motifs is 1. The lowest BCUT2D eigenvalue weighted by atomic mass is 9.95. The molecule has 1 unspecified atom stereocenters. The van der Waals surface area contributed by atoms with Gasteiger partial charge in [-0.15, -0.1) is 10.2 Å². The lowest BCUT2D eigenvalue weighted by Crippen LogP contribution is -2.28. The minimum absolute atomic E-state index is 0.286. The summed E-state index contributed by atoms with van der Waals surface area (Å²) >= 11 is 0. The molecule has 0 radical (unpaired) electrons. The smallest absolute Gasteiger partial charge is 0.308 e. The van der Waals surface area contributed by atoms with E-state index < -0.39 is 5.97 Å². The van der Waals surface area contributed by atoms with Crippen molar-refractivity contribution in [3.8, 4) is 0 Å². The molecule has 2 rings (SSSR count). The van der Waals surface area contributed by atoms with Gasteiger partial charge in [0, 0.05) is 18.9 Å². The fourth-order valence-corrected chi connectivity index (χ4v) is 2.95. The highest BCUT2D eigenvalue weighted by atomic mass is 16.4. The van der Waals surface area contributed by atoms with Gasteiger partial charge in [-0.2, -0.15) is 0 Å². The third-order valence-electron chi connectivity index (χ3n) is 3.96. The summed E-state index contributed by atoms with van der Waals surface area (Å²) in [6.07, 6.45) is 5.85. The predicted octanol–water partition coefficient (Wildman–Crippen LogP) is 2.61. The van der Waals surface area contributed by atoms with Crippen molar-refractivity contribution in [3.05, 3.63) is 11.6 Å². The van der Waals surface area contributed by atoms with Crippen molar-refractivity contribution in [1.82, 2.24) is 14.8 Å². The molecule has 0 aliphatic carbocycles. The molecule has 0 amide bonds. The van der Waals surface area contributed by atoms with Crippen molar-refractivity contribution < 1.29 is 9.90 Å². The van der Waals surface area contributed by atoms with Gasteiger partial charge >= 0.3 is 5.97 Å². The van der Waals surface area contributed by atoms with E-state index in [0.29, 0.717) is 18.9 Å². The number of carbonyl (C=O) groups is 1. The zero-order valence-corrected chi connectivity index (χ0v) is 11.8. The number of aliphatic carboxylic acids is 1. The molecule has 106 valence electrons. The molecule has 1 aromatic rings. The third kappa shape index (κ3) is 2.96. The van der Waals surface area contributed by atoms with Gasteiger partial charge in [0.2, 0.25) is 0 Å². The van der Waals surface area contributed by atoms with Crippen LogP contribution in [0.3, 0.4) is 0 Å². The maximum atomic E-state index is 11.2. The molecule has 0 spiro atoms. The molecule has 0 saturated carbocycles. The molecule has 0 bridgehead atoms. The quantitative estimate of drug-likeness (QED) is 0.858. The van der Waals surface area contributed by atoms with E-state index in [-0.39, 0.29) is 5.92 Å². The average Bonchev–Trinajstić information content (AvgIpc) is 2.81. The Morgan fingerprint density at radius 2 is 2.05 bits per heavy atom. The van der Waals surface area contributed by atoms with Crippen LogP contribution in [0.4, 0.5) is 0 Å². The molecule has 0 aromatic carbocycles. The first kappa shape index (κ1) is 14.0.